The normalized spacial score (nSPS) is 18.9. The third-order valence-corrected chi connectivity index (χ3v) is 3.68. The van der Waals surface area contributed by atoms with Crippen molar-refractivity contribution in [3.63, 3.8) is 0 Å². The van der Waals surface area contributed by atoms with Crippen molar-refractivity contribution in [1.29, 1.82) is 0 Å². The molecule has 4 heteroatoms. The number of ether oxygens (including phenoxy) is 1. The first-order valence-electron chi connectivity index (χ1n) is 7.61. The van der Waals surface area contributed by atoms with Crippen LogP contribution in [0, 0.1) is 6.92 Å². The standard InChI is InChI=1S/C17H26N2O2/c1-13-7-5-6-8-14(13)11-18-15-9-10-19(12-15)16(20)21-17(2,3)4/h5-8,15,18H,9-12H2,1-4H3. The number of aryl methyl sites for hydroxylation is 1. The van der Waals surface area contributed by atoms with Gasteiger partial charge in [0.15, 0.2) is 0 Å². The van der Waals surface area contributed by atoms with Crippen LogP contribution in [-0.4, -0.2) is 35.7 Å². The summed E-state index contributed by atoms with van der Waals surface area (Å²) in [6.07, 6.45) is 0.771. The maximum absolute atomic E-state index is 12.0. The minimum absolute atomic E-state index is 0.206. The molecule has 116 valence electrons. The Morgan fingerprint density at radius 2 is 2.10 bits per heavy atom. The van der Waals surface area contributed by atoms with Gasteiger partial charge in [-0.2, -0.15) is 0 Å². The Kier molecular flexibility index (Phi) is 4.88. The molecule has 21 heavy (non-hydrogen) atoms. The molecule has 0 bridgehead atoms. The van der Waals surface area contributed by atoms with Crippen molar-refractivity contribution < 1.29 is 9.53 Å². The summed E-state index contributed by atoms with van der Waals surface area (Å²) in [6.45, 7) is 10.2. The van der Waals surface area contributed by atoms with Crippen LogP contribution < -0.4 is 5.32 Å². The number of nitrogens with one attached hydrogen (secondary N) is 1. The summed E-state index contributed by atoms with van der Waals surface area (Å²) in [5.74, 6) is 0. The molecule has 2 rings (SSSR count). The van der Waals surface area contributed by atoms with Crippen LogP contribution in [0.1, 0.15) is 38.3 Å². The molecule has 0 spiro atoms. The number of nitrogens with zero attached hydrogens (tertiary/aromatic N) is 1. The summed E-state index contributed by atoms with van der Waals surface area (Å²) in [4.78, 5) is 13.8. The van der Waals surface area contributed by atoms with E-state index in [0.717, 1.165) is 26.1 Å². The number of carbonyl (C=O) groups excluding carboxylic acids is 1. The van der Waals surface area contributed by atoms with E-state index in [-0.39, 0.29) is 6.09 Å². The molecule has 1 atom stereocenters. The molecule has 0 aromatic heterocycles. The molecule has 1 aliphatic rings. The summed E-state index contributed by atoms with van der Waals surface area (Å²) in [5, 5.41) is 3.54. The Morgan fingerprint density at radius 3 is 2.76 bits per heavy atom. The Labute approximate surface area is 127 Å². The van der Waals surface area contributed by atoms with E-state index in [1.54, 1.807) is 4.90 Å². The lowest BCUT2D eigenvalue weighted by atomic mass is 10.1. The van der Waals surface area contributed by atoms with Crippen molar-refractivity contribution in [1.82, 2.24) is 10.2 Å². The molecule has 0 aliphatic carbocycles. The fourth-order valence-corrected chi connectivity index (χ4v) is 2.48. The van der Waals surface area contributed by atoms with Gasteiger partial charge in [-0.15, -0.1) is 0 Å². The highest BCUT2D eigenvalue weighted by Crippen LogP contribution is 2.16. The highest BCUT2D eigenvalue weighted by Gasteiger charge is 2.29. The van der Waals surface area contributed by atoms with E-state index in [4.69, 9.17) is 4.74 Å². The summed E-state index contributed by atoms with van der Waals surface area (Å²) >= 11 is 0. The van der Waals surface area contributed by atoms with Gasteiger partial charge in [0, 0.05) is 25.7 Å². The van der Waals surface area contributed by atoms with Gasteiger partial charge in [-0.1, -0.05) is 24.3 Å². The summed E-state index contributed by atoms with van der Waals surface area (Å²) in [5.41, 5.74) is 2.18. The van der Waals surface area contributed by atoms with Gasteiger partial charge in [-0.3, -0.25) is 0 Å². The van der Waals surface area contributed by atoms with E-state index >= 15 is 0 Å². The molecule has 1 fully saturated rings. The second-order valence-electron chi connectivity index (χ2n) is 6.72. The van der Waals surface area contributed by atoms with Crippen LogP contribution in [0.3, 0.4) is 0 Å². The Morgan fingerprint density at radius 1 is 1.38 bits per heavy atom. The van der Waals surface area contributed by atoms with Gasteiger partial charge in [-0.05, 0) is 45.2 Å². The van der Waals surface area contributed by atoms with Crippen LogP contribution in [0.4, 0.5) is 4.79 Å². The van der Waals surface area contributed by atoms with Crippen LogP contribution in [0.25, 0.3) is 0 Å². The van der Waals surface area contributed by atoms with Crippen LogP contribution >= 0.6 is 0 Å². The summed E-state index contributed by atoms with van der Waals surface area (Å²) in [7, 11) is 0. The number of likely N-dealkylation sites (tertiary alicyclic amines) is 1. The lowest BCUT2D eigenvalue weighted by Crippen LogP contribution is -2.38. The van der Waals surface area contributed by atoms with E-state index in [1.165, 1.54) is 11.1 Å². The van der Waals surface area contributed by atoms with Crippen LogP contribution in [0.5, 0.6) is 0 Å². The Balaban J connectivity index is 1.80. The molecule has 1 aromatic carbocycles. The monoisotopic (exact) mass is 290 g/mol. The molecule has 1 aromatic rings. The molecule has 1 aliphatic heterocycles. The van der Waals surface area contributed by atoms with Crippen molar-refractivity contribution in [2.24, 2.45) is 0 Å². The predicted octanol–water partition coefficient (Wildman–Crippen LogP) is 3.09. The minimum atomic E-state index is -0.427. The number of amides is 1. The first-order valence-corrected chi connectivity index (χ1v) is 7.61. The molecule has 0 saturated carbocycles. The average molecular weight is 290 g/mol. The van der Waals surface area contributed by atoms with E-state index in [2.05, 4.69) is 36.5 Å². The molecule has 1 amide bonds. The molecule has 4 nitrogen and oxygen atoms in total. The first-order chi connectivity index (χ1) is 9.85. The lowest BCUT2D eigenvalue weighted by molar-refractivity contribution is 0.0291. The highest BCUT2D eigenvalue weighted by molar-refractivity contribution is 5.68. The van der Waals surface area contributed by atoms with E-state index in [9.17, 15) is 4.79 Å². The van der Waals surface area contributed by atoms with E-state index in [1.807, 2.05) is 20.8 Å². The van der Waals surface area contributed by atoms with E-state index in [0.29, 0.717) is 6.04 Å². The van der Waals surface area contributed by atoms with Crippen LogP contribution in [0.15, 0.2) is 24.3 Å². The minimum Gasteiger partial charge on any atom is -0.444 e. The van der Waals surface area contributed by atoms with Gasteiger partial charge in [0.1, 0.15) is 5.60 Å². The smallest absolute Gasteiger partial charge is 0.410 e. The van der Waals surface area contributed by atoms with Crippen molar-refractivity contribution in [2.45, 2.75) is 52.3 Å². The van der Waals surface area contributed by atoms with Crippen molar-refractivity contribution in [2.75, 3.05) is 13.1 Å². The van der Waals surface area contributed by atoms with E-state index < -0.39 is 5.60 Å². The summed E-state index contributed by atoms with van der Waals surface area (Å²) in [6, 6.07) is 8.73. The third kappa shape index (κ3) is 4.74. The average Bonchev–Trinajstić information content (AvgIpc) is 2.85. The first kappa shape index (κ1) is 15.8. The molecule has 1 N–H and O–H groups in total. The SMILES string of the molecule is Cc1ccccc1CNC1CCN(C(=O)OC(C)(C)C)C1. The zero-order valence-electron chi connectivity index (χ0n) is 13.5. The highest BCUT2D eigenvalue weighted by atomic mass is 16.6. The van der Waals surface area contributed by atoms with Crippen molar-refractivity contribution in [3.05, 3.63) is 35.4 Å². The quantitative estimate of drug-likeness (QED) is 0.930. The van der Waals surface area contributed by atoms with Crippen LogP contribution in [0.2, 0.25) is 0 Å². The summed E-state index contributed by atoms with van der Waals surface area (Å²) < 4.78 is 5.41. The maximum atomic E-state index is 12.0. The molecule has 0 radical (unpaired) electrons. The fourth-order valence-electron chi connectivity index (χ4n) is 2.48. The maximum Gasteiger partial charge on any atom is 0.410 e. The predicted molar refractivity (Wildman–Crippen MR) is 84.2 cm³/mol. The fraction of sp³-hybridized carbons (Fsp3) is 0.588. The number of carbonyl (C=O) groups is 1. The van der Waals surface area contributed by atoms with Crippen molar-refractivity contribution in [3.8, 4) is 0 Å². The molecule has 1 saturated heterocycles. The zero-order valence-corrected chi connectivity index (χ0v) is 13.5. The zero-order chi connectivity index (χ0) is 15.5. The van der Waals surface area contributed by atoms with Gasteiger partial charge in [0.05, 0.1) is 0 Å². The Hall–Kier alpha value is -1.55. The second kappa shape index (κ2) is 6.48. The third-order valence-electron chi connectivity index (χ3n) is 3.68. The second-order valence-corrected chi connectivity index (χ2v) is 6.72. The largest absolute Gasteiger partial charge is 0.444 e. The molecular formula is C17H26N2O2. The van der Waals surface area contributed by atoms with Gasteiger partial charge in [0.2, 0.25) is 0 Å². The topological polar surface area (TPSA) is 41.6 Å². The number of hydrogen-bond acceptors (Lipinski definition) is 3. The van der Waals surface area contributed by atoms with Crippen molar-refractivity contribution >= 4 is 6.09 Å². The molecule has 1 unspecified atom stereocenters. The van der Waals surface area contributed by atoms with Gasteiger partial charge in [-0.25, -0.2) is 4.79 Å². The molecule has 1 heterocycles. The van der Waals surface area contributed by atoms with Gasteiger partial charge in [0.25, 0.3) is 0 Å². The molecular weight excluding hydrogens is 264 g/mol. The lowest BCUT2D eigenvalue weighted by Gasteiger charge is -2.24. The van der Waals surface area contributed by atoms with Gasteiger partial charge >= 0.3 is 6.09 Å². The van der Waals surface area contributed by atoms with Gasteiger partial charge < -0.3 is 15.0 Å². The number of hydrogen-bond donors (Lipinski definition) is 1. The Bertz CT molecular complexity index is 494. The van der Waals surface area contributed by atoms with Crippen LogP contribution in [-0.2, 0) is 11.3 Å². The number of benzene rings is 1. The number of rotatable bonds is 3.